The van der Waals surface area contributed by atoms with Gasteiger partial charge in [0, 0.05) is 16.8 Å². The van der Waals surface area contributed by atoms with Gasteiger partial charge in [-0.1, -0.05) is 23.2 Å². The van der Waals surface area contributed by atoms with E-state index in [1.807, 2.05) is 0 Å². The molecular formula is C17H15Cl2NO4. The van der Waals surface area contributed by atoms with Crippen LogP contribution in [0.3, 0.4) is 0 Å². The number of hydrogen-bond donors (Lipinski definition) is 1. The van der Waals surface area contributed by atoms with E-state index in [1.165, 1.54) is 0 Å². The number of carbonyl (C=O) groups excluding carboxylic acids is 1. The van der Waals surface area contributed by atoms with Crippen molar-refractivity contribution in [3.8, 4) is 17.2 Å². The summed E-state index contributed by atoms with van der Waals surface area (Å²) in [6.45, 7) is 2.64. The zero-order valence-electron chi connectivity index (χ0n) is 12.8. The van der Waals surface area contributed by atoms with Crippen LogP contribution in [0.2, 0.25) is 10.0 Å². The van der Waals surface area contributed by atoms with E-state index in [-0.39, 0.29) is 5.91 Å². The number of halogens is 2. The standard InChI is InChI=1S/C17H15Cl2NO4/c1-10(24-14-4-2-11(18)8-13(14)19)17(21)20-12-3-5-15-16(9-12)23-7-6-22-15/h2-5,8-10H,6-7H2,1H3,(H,20,21)/t10-/m1/s1. The summed E-state index contributed by atoms with van der Waals surface area (Å²) in [5.74, 6) is 1.36. The van der Waals surface area contributed by atoms with Crippen molar-refractivity contribution < 1.29 is 19.0 Å². The molecule has 0 unspecified atom stereocenters. The molecule has 0 aliphatic carbocycles. The number of hydrogen-bond acceptors (Lipinski definition) is 4. The van der Waals surface area contributed by atoms with Crippen molar-refractivity contribution in [2.24, 2.45) is 0 Å². The van der Waals surface area contributed by atoms with Crippen LogP contribution in [0.5, 0.6) is 17.2 Å². The third kappa shape index (κ3) is 3.86. The zero-order chi connectivity index (χ0) is 17.1. The fourth-order valence-corrected chi connectivity index (χ4v) is 2.63. The predicted molar refractivity (Wildman–Crippen MR) is 92.6 cm³/mol. The largest absolute Gasteiger partial charge is 0.486 e. The molecule has 1 atom stereocenters. The van der Waals surface area contributed by atoms with Crippen LogP contribution in [0.4, 0.5) is 5.69 Å². The van der Waals surface area contributed by atoms with Gasteiger partial charge in [-0.05, 0) is 37.3 Å². The molecule has 24 heavy (non-hydrogen) atoms. The predicted octanol–water partition coefficient (Wildman–Crippen LogP) is 4.17. The summed E-state index contributed by atoms with van der Waals surface area (Å²) in [6.07, 6.45) is -0.739. The molecule has 1 heterocycles. The average molecular weight is 368 g/mol. The molecular weight excluding hydrogens is 353 g/mol. The van der Waals surface area contributed by atoms with E-state index in [4.69, 9.17) is 37.4 Å². The maximum atomic E-state index is 12.3. The van der Waals surface area contributed by atoms with E-state index in [2.05, 4.69) is 5.32 Å². The molecule has 0 fully saturated rings. The van der Waals surface area contributed by atoms with Gasteiger partial charge in [-0.2, -0.15) is 0 Å². The van der Waals surface area contributed by atoms with E-state index < -0.39 is 6.10 Å². The summed E-state index contributed by atoms with van der Waals surface area (Å²) in [6, 6.07) is 10.0. The molecule has 0 bridgehead atoms. The Morgan fingerprint density at radius 1 is 1.12 bits per heavy atom. The van der Waals surface area contributed by atoms with Crippen LogP contribution in [0.1, 0.15) is 6.92 Å². The van der Waals surface area contributed by atoms with Gasteiger partial charge in [0.25, 0.3) is 5.91 Å². The maximum Gasteiger partial charge on any atom is 0.265 e. The first kappa shape index (κ1) is 16.7. The summed E-state index contributed by atoms with van der Waals surface area (Å²) in [7, 11) is 0. The molecule has 0 aromatic heterocycles. The number of nitrogens with one attached hydrogen (secondary N) is 1. The fourth-order valence-electron chi connectivity index (χ4n) is 2.18. The van der Waals surface area contributed by atoms with Crippen LogP contribution in [-0.4, -0.2) is 25.2 Å². The van der Waals surface area contributed by atoms with E-state index in [0.29, 0.717) is 46.2 Å². The SMILES string of the molecule is C[C@@H](Oc1ccc(Cl)cc1Cl)C(=O)Nc1ccc2c(c1)OCCO2. The normalized spacial score (nSPS) is 14.0. The Morgan fingerprint density at radius 2 is 1.88 bits per heavy atom. The van der Waals surface area contributed by atoms with Crippen molar-refractivity contribution in [2.45, 2.75) is 13.0 Å². The quantitative estimate of drug-likeness (QED) is 0.880. The Kier molecular flexibility index (Phi) is 5.02. The van der Waals surface area contributed by atoms with Crippen LogP contribution >= 0.6 is 23.2 Å². The lowest BCUT2D eigenvalue weighted by atomic mass is 10.2. The zero-order valence-corrected chi connectivity index (χ0v) is 14.4. The molecule has 3 rings (SSSR count). The van der Waals surface area contributed by atoms with Gasteiger partial charge in [0.05, 0.1) is 5.02 Å². The van der Waals surface area contributed by atoms with E-state index >= 15 is 0 Å². The van der Waals surface area contributed by atoms with E-state index in [0.717, 1.165) is 0 Å². The number of carbonyl (C=O) groups is 1. The monoisotopic (exact) mass is 367 g/mol. The molecule has 0 radical (unpaired) electrons. The van der Waals surface area contributed by atoms with E-state index in [9.17, 15) is 4.79 Å². The number of amides is 1. The van der Waals surface area contributed by atoms with Crippen LogP contribution in [-0.2, 0) is 4.79 Å². The summed E-state index contributed by atoms with van der Waals surface area (Å²) in [5, 5.41) is 3.62. The first-order valence-electron chi connectivity index (χ1n) is 7.35. The molecule has 0 spiro atoms. The number of fused-ring (bicyclic) bond motifs is 1. The van der Waals surface area contributed by atoms with Crippen molar-refractivity contribution in [2.75, 3.05) is 18.5 Å². The van der Waals surface area contributed by atoms with Gasteiger partial charge in [-0.3, -0.25) is 4.79 Å². The summed E-state index contributed by atoms with van der Waals surface area (Å²) in [4.78, 5) is 12.3. The van der Waals surface area contributed by atoms with Crippen LogP contribution in [0, 0.1) is 0 Å². The minimum atomic E-state index is -0.739. The maximum absolute atomic E-state index is 12.3. The average Bonchev–Trinajstić information content (AvgIpc) is 2.57. The molecule has 1 aliphatic heterocycles. The smallest absolute Gasteiger partial charge is 0.265 e. The van der Waals surface area contributed by atoms with Gasteiger partial charge in [0.1, 0.15) is 19.0 Å². The van der Waals surface area contributed by atoms with Crippen molar-refractivity contribution in [3.05, 3.63) is 46.4 Å². The van der Waals surface area contributed by atoms with Crippen LogP contribution < -0.4 is 19.5 Å². The second-order valence-corrected chi connectivity index (χ2v) is 6.03. The lowest BCUT2D eigenvalue weighted by Gasteiger charge is -2.20. The molecule has 5 nitrogen and oxygen atoms in total. The highest BCUT2D eigenvalue weighted by Gasteiger charge is 2.18. The Balaban J connectivity index is 1.65. The molecule has 0 saturated carbocycles. The first-order chi connectivity index (χ1) is 11.5. The topological polar surface area (TPSA) is 56.8 Å². The molecule has 7 heteroatoms. The van der Waals surface area contributed by atoms with Crippen molar-refractivity contribution in [3.63, 3.8) is 0 Å². The Labute approximate surface area is 149 Å². The van der Waals surface area contributed by atoms with Gasteiger partial charge in [-0.15, -0.1) is 0 Å². The lowest BCUT2D eigenvalue weighted by molar-refractivity contribution is -0.122. The minimum absolute atomic E-state index is 0.308. The summed E-state index contributed by atoms with van der Waals surface area (Å²) in [5.41, 5.74) is 0.599. The summed E-state index contributed by atoms with van der Waals surface area (Å²) < 4.78 is 16.5. The van der Waals surface area contributed by atoms with Gasteiger partial charge >= 0.3 is 0 Å². The molecule has 1 aliphatic rings. The van der Waals surface area contributed by atoms with Gasteiger partial charge in [0.15, 0.2) is 17.6 Å². The molecule has 1 N–H and O–H groups in total. The number of rotatable bonds is 4. The molecule has 0 saturated heterocycles. The number of anilines is 1. The minimum Gasteiger partial charge on any atom is -0.486 e. The van der Waals surface area contributed by atoms with Gasteiger partial charge in [0.2, 0.25) is 0 Å². The third-order valence-electron chi connectivity index (χ3n) is 3.38. The van der Waals surface area contributed by atoms with Crippen molar-refractivity contribution >= 4 is 34.8 Å². The molecule has 126 valence electrons. The summed E-state index contributed by atoms with van der Waals surface area (Å²) >= 11 is 11.9. The fraction of sp³-hybridized carbons (Fsp3) is 0.235. The van der Waals surface area contributed by atoms with Crippen LogP contribution in [0.15, 0.2) is 36.4 Å². The third-order valence-corrected chi connectivity index (χ3v) is 3.91. The second kappa shape index (κ2) is 7.20. The highest BCUT2D eigenvalue weighted by molar-refractivity contribution is 6.35. The van der Waals surface area contributed by atoms with Gasteiger partial charge in [-0.25, -0.2) is 0 Å². The Morgan fingerprint density at radius 3 is 2.62 bits per heavy atom. The van der Waals surface area contributed by atoms with Crippen molar-refractivity contribution in [1.29, 1.82) is 0 Å². The molecule has 1 amide bonds. The number of ether oxygens (including phenoxy) is 3. The van der Waals surface area contributed by atoms with Gasteiger partial charge < -0.3 is 19.5 Å². The second-order valence-electron chi connectivity index (χ2n) is 5.18. The highest BCUT2D eigenvalue weighted by atomic mass is 35.5. The number of benzene rings is 2. The highest BCUT2D eigenvalue weighted by Crippen LogP contribution is 2.33. The Bertz CT molecular complexity index is 766. The first-order valence-corrected chi connectivity index (χ1v) is 8.11. The lowest BCUT2D eigenvalue weighted by Crippen LogP contribution is -2.30. The molecule has 2 aromatic rings. The molecule has 2 aromatic carbocycles. The van der Waals surface area contributed by atoms with Crippen molar-refractivity contribution in [1.82, 2.24) is 0 Å². The Hall–Kier alpha value is -2.11. The van der Waals surface area contributed by atoms with E-state index in [1.54, 1.807) is 43.3 Å². The van der Waals surface area contributed by atoms with Crippen LogP contribution in [0.25, 0.3) is 0 Å².